The van der Waals surface area contributed by atoms with E-state index >= 15 is 0 Å². The first-order valence-corrected chi connectivity index (χ1v) is 10.9. The Kier molecular flexibility index (Phi) is 6.04. The van der Waals surface area contributed by atoms with Gasteiger partial charge in [0.2, 0.25) is 0 Å². The van der Waals surface area contributed by atoms with E-state index < -0.39 is 18.2 Å². The highest BCUT2D eigenvalue weighted by molar-refractivity contribution is 5.90. The number of anilines is 1. The first-order chi connectivity index (χ1) is 15.3. The number of nitrogens with one attached hydrogen (secondary N) is 2. The highest BCUT2D eigenvalue weighted by Crippen LogP contribution is 2.41. The molecule has 1 aliphatic rings. The van der Waals surface area contributed by atoms with Gasteiger partial charge in [-0.1, -0.05) is 56.3 Å². The number of benzene rings is 2. The molecule has 2 amide bonds. The number of carbonyl (C=O) groups excluding carboxylic acids is 1. The number of urea groups is 1. The Morgan fingerprint density at radius 3 is 2.56 bits per heavy atom. The van der Waals surface area contributed by atoms with Gasteiger partial charge in [-0.2, -0.15) is 5.10 Å². The van der Waals surface area contributed by atoms with Gasteiger partial charge in [0.15, 0.2) is 0 Å². The molecule has 2 atom stereocenters. The van der Waals surface area contributed by atoms with Crippen molar-refractivity contribution in [3.63, 3.8) is 0 Å². The lowest BCUT2D eigenvalue weighted by molar-refractivity contribution is 0.0883. The van der Waals surface area contributed by atoms with Crippen LogP contribution in [0.2, 0.25) is 0 Å². The molecule has 0 aliphatic heterocycles. The van der Waals surface area contributed by atoms with Crippen LogP contribution in [0.25, 0.3) is 5.69 Å². The molecule has 0 bridgehead atoms. The molecule has 1 heterocycles. The molecule has 0 saturated carbocycles. The zero-order valence-corrected chi connectivity index (χ0v) is 18.7. The van der Waals surface area contributed by atoms with Gasteiger partial charge in [0.05, 0.1) is 23.5 Å². The molecular formula is C25H30N4O3. The van der Waals surface area contributed by atoms with Crippen LogP contribution < -0.4 is 10.6 Å². The predicted molar refractivity (Wildman–Crippen MR) is 124 cm³/mol. The monoisotopic (exact) mass is 434 g/mol. The molecule has 0 fully saturated rings. The number of carbonyl (C=O) groups is 1. The number of hydrogen-bond donors (Lipinski definition) is 4. The minimum atomic E-state index is -0.698. The first kappa shape index (κ1) is 22.0. The van der Waals surface area contributed by atoms with Crippen LogP contribution in [0.5, 0.6) is 0 Å². The van der Waals surface area contributed by atoms with Crippen LogP contribution in [-0.4, -0.2) is 38.7 Å². The van der Waals surface area contributed by atoms with Crippen LogP contribution in [-0.2, 0) is 11.8 Å². The summed E-state index contributed by atoms with van der Waals surface area (Å²) in [7, 11) is 0. The average Bonchev–Trinajstić information content (AvgIpc) is 3.07. The van der Waals surface area contributed by atoms with Crippen LogP contribution in [0.3, 0.4) is 0 Å². The van der Waals surface area contributed by atoms with E-state index in [0.29, 0.717) is 18.7 Å². The van der Waals surface area contributed by atoms with Crippen molar-refractivity contribution in [3.8, 4) is 5.69 Å². The molecular weight excluding hydrogens is 404 g/mol. The van der Waals surface area contributed by atoms with Crippen molar-refractivity contribution in [1.29, 1.82) is 0 Å². The van der Waals surface area contributed by atoms with Crippen molar-refractivity contribution < 1.29 is 15.0 Å². The summed E-state index contributed by atoms with van der Waals surface area (Å²) < 4.78 is 1.67. The minimum Gasteiger partial charge on any atom is -0.396 e. The number of nitrogens with zero attached hydrogens (tertiary/aromatic N) is 2. The molecule has 0 saturated heterocycles. The highest BCUT2D eigenvalue weighted by Gasteiger charge is 2.39. The number of para-hydroxylation sites is 1. The van der Waals surface area contributed by atoms with E-state index in [4.69, 9.17) is 0 Å². The zero-order valence-electron chi connectivity index (χ0n) is 18.7. The van der Waals surface area contributed by atoms with Crippen molar-refractivity contribution in [3.05, 3.63) is 77.0 Å². The lowest BCUT2D eigenvalue weighted by Crippen LogP contribution is -2.45. The standard InChI is InChI=1S/C25H30N4O3/c1-16-20(13-14-30)28-29(17-9-5-4-6-10-17)23(16)27-24(32)26-22-18-11-7-8-12-19(18)25(2,3)15-21(22)31/h4-12,21-22,30-31H,13-15H2,1-3H3,(H2,26,27,32)/t21-,22?/m1/s1. The van der Waals surface area contributed by atoms with Gasteiger partial charge in [-0.05, 0) is 42.0 Å². The number of aliphatic hydroxyl groups is 2. The fourth-order valence-corrected chi connectivity index (χ4v) is 4.59. The molecule has 3 aromatic rings. The Morgan fingerprint density at radius 1 is 1.16 bits per heavy atom. The predicted octanol–water partition coefficient (Wildman–Crippen LogP) is 3.62. The van der Waals surface area contributed by atoms with Crippen molar-refractivity contribution in [2.75, 3.05) is 11.9 Å². The van der Waals surface area contributed by atoms with Crippen LogP contribution in [0, 0.1) is 6.92 Å². The lowest BCUT2D eigenvalue weighted by Gasteiger charge is -2.40. The summed E-state index contributed by atoms with van der Waals surface area (Å²) in [5, 5.41) is 30.7. The smallest absolute Gasteiger partial charge is 0.320 e. The molecule has 7 nitrogen and oxygen atoms in total. The number of amides is 2. The normalized spacial score (nSPS) is 19.3. The molecule has 7 heteroatoms. The van der Waals surface area contributed by atoms with Crippen molar-refractivity contribution in [2.24, 2.45) is 0 Å². The first-order valence-electron chi connectivity index (χ1n) is 10.9. The third-order valence-electron chi connectivity index (χ3n) is 6.22. The number of rotatable bonds is 5. The highest BCUT2D eigenvalue weighted by atomic mass is 16.3. The molecule has 1 aromatic heterocycles. The molecule has 1 unspecified atom stereocenters. The molecule has 32 heavy (non-hydrogen) atoms. The maximum atomic E-state index is 13.1. The molecule has 4 rings (SSSR count). The van der Waals surface area contributed by atoms with Gasteiger partial charge < -0.3 is 15.5 Å². The second-order valence-corrected chi connectivity index (χ2v) is 8.96. The van der Waals surface area contributed by atoms with Gasteiger partial charge >= 0.3 is 6.03 Å². The summed E-state index contributed by atoms with van der Waals surface area (Å²) >= 11 is 0. The SMILES string of the molecule is Cc1c(CCO)nn(-c2ccccc2)c1NC(=O)NC1c2ccccc2C(C)(C)C[C@H]1O. The Labute approximate surface area is 188 Å². The second-order valence-electron chi connectivity index (χ2n) is 8.96. The Balaban J connectivity index is 1.62. The number of hydrogen-bond acceptors (Lipinski definition) is 4. The van der Waals surface area contributed by atoms with E-state index in [-0.39, 0.29) is 12.0 Å². The third kappa shape index (κ3) is 4.13. The molecule has 4 N–H and O–H groups in total. The average molecular weight is 435 g/mol. The maximum absolute atomic E-state index is 13.1. The lowest BCUT2D eigenvalue weighted by atomic mass is 9.70. The summed E-state index contributed by atoms with van der Waals surface area (Å²) in [5.41, 5.74) is 4.21. The van der Waals surface area contributed by atoms with Gasteiger partial charge in [0.25, 0.3) is 0 Å². The van der Waals surface area contributed by atoms with Gasteiger partial charge in [-0.15, -0.1) is 0 Å². The van der Waals surface area contributed by atoms with Gasteiger partial charge in [0.1, 0.15) is 5.82 Å². The van der Waals surface area contributed by atoms with E-state index in [1.54, 1.807) is 4.68 Å². The summed E-state index contributed by atoms with van der Waals surface area (Å²) in [5.74, 6) is 0.538. The number of fused-ring (bicyclic) bond motifs is 1. The van der Waals surface area contributed by atoms with Gasteiger partial charge in [-0.25, -0.2) is 9.48 Å². The zero-order chi connectivity index (χ0) is 22.9. The van der Waals surface area contributed by atoms with E-state index in [1.807, 2.05) is 55.5 Å². The summed E-state index contributed by atoms with van der Waals surface area (Å²) in [4.78, 5) is 13.1. The van der Waals surface area contributed by atoms with Gasteiger partial charge in [-0.3, -0.25) is 5.32 Å². The largest absolute Gasteiger partial charge is 0.396 e. The summed E-state index contributed by atoms with van der Waals surface area (Å²) in [6, 6.07) is 16.5. The fourth-order valence-electron chi connectivity index (χ4n) is 4.59. The van der Waals surface area contributed by atoms with Crippen molar-refractivity contribution >= 4 is 11.8 Å². The minimum absolute atomic E-state index is 0.0287. The van der Waals surface area contributed by atoms with E-state index in [2.05, 4.69) is 35.6 Å². The molecule has 168 valence electrons. The maximum Gasteiger partial charge on any atom is 0.320 e. The summed E-state index contributed by atoms with van der Waals surface area (Å²) in [6.45, 7) is 6.06. The quantitative estimate of drug-likeness (QED) is 0.493. The van der Waals surface area contributed by atoms with Gasteiger partial charge in [0, 0.05) is 18.6 Å². The Bertz CT molecular complexity index is 1110. The number of aromatic nitrogens is 2. The second kappa shape index (κ2) is 8.76. The summed E-state index contributed by atoms with van der Waals surface area (Å²) in [6.07, 6.45) is 0.248. The fraction of sp³-hybridized carbons (Fsp3) is 0.360. The van der Waals surface area contributed by atoms with E-state index in [9.17, 15) is 15.0 Å². The van der Waals surface area contributed by atoms with Crippen LogP contribution in [0.1, 0.15) is 48.7 Å². The van der Waals surface area contributed by atoms with Crippen LogP contribution >= 0.6 is 0 Å². The van der Waals surface area contributed by atoms with Crippen LogP contribution in [0.15, 0.2) is 54.6 Å². The topological polar surface area (TPSA) is 99.4 Å². The van der Waals surface area contributed by atoms with Crippen molar-refractivity contribution in [1.82, 2.24) is 15.1 Å². The Hall–Kier alpha value is -3.16. The molecule has 0 spiro atoms. The van der Waals surface area contributed by atoms with Crippen molar-refractivity contribution in [2.45, 2.75) is 51.2 Å². The third-order valence-corrected chi connectivity index (χ3v) is 6.22. The molecule has 1 aliphatic carbocycles. The van der Waals surface area contributed by atoms with Crippen LogP contribution in [0.4, 0.5) is 10.6 Å². The number of aliphatic hydroxyl groups excluding tert-OH is 2. The van der Waals surface area contributed by atoms with E-state index in [0.717, 1.165) is 28.1 Å². The Morgan fingerprint density at radius 2 is 1.84 bits per heavy atom. The molecule has 0 radical (unpaired) electrons. The van der Waals surface area contributed by atoms with E-state index in [1.165, 1.54) is 0 Å². The molecule has 2 aromatic carbocycles.